The summed E-state index contributed by atoms with van der Waals surface area (Å²) in [4.78, 5) is 13.1. The summed E-state index contributed by atoms with van der Waals surface area (Å²) in [6, 6.07) is 7.51. The molecule has 1 aliphatic heterocycles. The summed E-state index contributed by atoms with van der Waals surface area (Å²) in [6.45, 7) is 2.92. The smallest absolute Gasteiger partial charge is 0.303 e. The third-order valence-electron chi connectivity index (χ3n) is 5.79. The number of hydrogen-bond acceptors (Lipinski definition) is 4. The van der Waals surface area contributed by atoms with Crippen molar-refractivity contribution in [2.24, 2.45) is 0 Å². The van der Waals surface area contributed by atoms with E-state index in [2.05, 4.69) is 4.90 Å². The molecule has 1 heterocycles. The zero-order valence-corrected chi connectivity index (χ0v) is 16.7. The number of rotatable bonds is 7. The summed E-state index contributed by atoms with van der Waals surface area (Å²) in [6.07, 6.45) is 7.01. The average molecular weight is 395 g/mol. The first kappa shape index (κ1) is 20.3. The fourth-order valence-corrected chi connectivity index (χ4v) is 5.57. The van der Waals surface area contributed by atoms with Crippen molar-refractivity contribution in [2.45, 2.75) is 55.8 Å². The van der Waals surface area contributed by atoms with Crippen LogP contribution in [0.1, 0.15) is 56.4 Å². The Morgan fingerprint density at radius 2 is 1.63 bits per heavy atom. The molecular weight excluding hydrogens is 364 g/mol. The van der Waals surface area contributed by atoms with Crippen molar-refractivity contribution in [3.8, 4) is 0 Å². The molecule has 2 fully saturated rings. The lowest BCUT2D eigenvalue weighted by atomic mass is 9.84. The zero-order chi connectivity index (χ0) is 19.3. The number of aliphatic carboxylic acids is 1. The lowest BCUT2D eigenvalue weighted by Crippen LogP contribution is -2.48. The molecule has 0 atom stereocenters. The van der Waals surface area contributed by atoms with Crippen molar-refractivity contribution in [1.82, 2.24) is 9.21 Å². The first-order chi connectivity index (χ1) is 13.0. The fraction of sp³-hybridized carbons (Fsp3) is 0.650. The number of hydrogen-bond donors (Lipinski definition) is 1. The summed E-state index contributed by atoms with van der Waals surface area (Å²) in [7, 11) is -3.45. The van der Waals surface area contributed by atoms with Gasteiger partial charge in [-0.3, -0.25) is 4.79 Å². The highest BCUT2D eigenvalue weighted by Gasteiger charge is 2.28. The number of nitrogens with zero attached hydrogens (tertiary/aromatic N) is 2. The van der Waals surface area contributed by atoms with Gasteiger partial charge in [0.1, 0.15) is 0 Å². The van der Waals surface area contributed by atoms with Crippen molar-refractivity contribution < 1.29 is 18.3 Å². The van der Waals surface area contributed by atoms with Crippen LogP contribution in [0.25, 0.3) is 0 Å². The summed E-state index contributed by atoms with van der Waals surface area (Å²) in [5, 5.41) is 8.71. The van der Waals surface area contributed by atoms with Crippen LogP contribution in [-0.4, -0.2) is 61.4 Å². The molecule has 3 rings (SSSR count). The molecule has 0 bridgehead atoms. The van der Waals surface area contributed by atoms with Gasteiger partial charge in [0, 0.05) is 32.6 Å². The van der Waals surface area contributed by atoms with E-state index < -0.39 is 16.0 Å². The van der Waals surface area contributed by atoms with Crippen LogP contribution >= 0.6 is 0 Å². The molecule has 1 N–H and O–H groups in total. The van der Waals surface area contributed by atoms with E-state index >= 15 is 0 Å². The Morgan fingerprint density at radius 1 is 1.00 bits per heavy atom. The minimum absolute atomic E-state index is 0.159. The first-order valence-electron chi connectivity index (χ1n) is 10.0. The molecule has 1 aliphatic carbocycles. The second kappa shape index (κ2) is 9.17. The molecule has 1 aromatic carbocycles. The first-order valence-corrected chi connectivity index (χ1v) is 11.4. The summed E-state index contributed by atoms with van der Waals surface area (Å²) < 4.78 is 27.4. The molecule has 1 saturated carbocycles. The van der Waals surface area contributed by atoms with Gasteiger partial charge in [0.25, 0.3) is 0 Å². The summed E-state index contributed by atoms with van der Waals surface area (Å²) in [5.41, 5.74) is 1.26. The van der Waals surface area contributed by atoms with E-state index in [1.54, 1.807) is 16.4 Å². The summed E-state index contributed by atoms with van der Waals surface area (Å²) in [5.74, 6) is -0.210. The predicted octanol–water partition coefficient (Wildman–Crippen LogP) is 2.91. The Labute approximate surface area is 162 Å². The molecule has 7 heteroatoms. The van der Waals surface area contributed by atoms with E-state index in [0.29, 0.717) is 50.0 Å². The van der Waals surface area contributed by atoms with E-state index in [0.717, 1.165) is 0 Å². The van der Waals surface area contributed by atoms with E-state index in [1.165, 1.54) is 37.7 Å². The summed E-state index contributed by atoms with van der Waals surface area (Å²) >= 11 is 0. The Kier molecular flexibility index (Phi) is 6.89. The Hall–Kier alpha value is -1.44. The van der Waals surface area contributed by atoms with Gasteiger partial charge in [-0.2, -0.15) is 4.31 Å². The third-order valence-corrected chi connectivity index (χ3v) is 7.70. The highest BCUT2D eigenvalue weighted by Crippen LogP contribution is 2.33. The SMILES string of the molecule is O=C(O)CCCN1CCN(S(=O)(=O)c2ccc(C3CCCCC3)cc2)CC1. The molecule has 0 aromatic heterocycles. The van der Waals surface area contributed by atoms with Crippen LogP contribution in [0.2, 0.25) is 0 Å². The third kappa shape index (κ3) is 5.30. The van der Waals surface area contributed by atoms with Crippen molar-refractivity contribution in [3.05, 3.63) is 29.8 Å². The van der Waals surface area contributed by atoms with Crippen LogP contribution in [0.3, 0.4) is 0 Å². The number of benzene rings is 1. The van der Waals surface area contributed by atoms with E-state index in [4.69, 9.17) is 5.11 Å². The predicted molar refractivity (Wildman–Crippen MR) is 104 cm³/mol. The number of sulfonamides is 1. The normalized spacial score (nSPS) is 20.6. The van der Waals surface area contributed by atoms with Gasteiger partial charge in [0.2, 0.25) is 10.0 Å². The average Bonchev–Trinajstić information content (AvgIpc) is 2.69. The molecule has 150 valence electrons. The molecule has 27 heavy (non-hydrogen) atoms. The Bertz CT molecular complexity index is 719. The maximum atomic E-state index is 12.9. The quantitative estimate of drug-likeness (QED) is 0.769. The maximum absolute atomic E-state index is 12.9. The van der Waals surface area contributed by atoms with Crippen molar-refractivity contribution in [2.75, 3.05) is 32.7 Å². The van der Waals surface area contributed by atoms with Gasteiger partial charge in [0.15, 0.2) is 0 Å². The minimum Gasteiger partial charge on any atom is -0.481 e. The van der Waals surface area contributed by atoms with Crippen molar-refractivity contribution >= 4 is 16.0 Å². The molecular formula is C20H30N2O4S. The highest BCUT2D eigenvalue weighted by molar-refractivity contribution is 7.89. The molecule has 2 aliphatic rings. The van der Waals surface area contributed by atoms with Crippen LogP contribution in [0, 0.1) is 0 Å². The lowest BCUT2D eigenvalue weighted by molar-refractivity contribution is -0.137. The maximum Gasteiger partial charge on any atom is 0.303 e. The molecule has 0 radical (unpaired) electrons. The standard InChI is InChI=1S/C20H30N2O4S/c23-20(24)7-4-12-21-13-15-22(16-14-21)27(25,26)19-10-8-18(9-11-19)17-5-2-1-3-6-17/h8-11,17H,1-7,12-16H2,(H,23,24). The Balaban J connectivity index is 1.56. The Morgan fingerprint density at radius 3 is 2.22 bits per heavy atom. The zero-order valence-electron chi connectivity index (χ0n) is 15.8. The highest BCUT2D eigenvalue weighted by atomic mass is 32.2. The van der Waals surface area contributed by atoms with Crippen LogP contribution in [-0.2, 0) is 14.8 Å². The lowest BCUT2D eigenvalue weighted by Gasteiger charge is -2.34. The van der Waals surface area contributed by atoms with Gasteiger partial charge < -0.3 is 10.0 Å². The number of carboxylic acids is 1. The molecule has 6 nitrogen and oxygen atoms in total. The number of piperazine rings is 1. The van der Waals surface area contributed by atoms with Gasteiger partial charge >= 0.3 is 5.97 Å². The van der Waals surface area contributed by atoms with Crippen LogP contribution < -0.4 is 0 Å². The van der Waals surface area contributed by atoms with Crippen molar-refractivity contribution in [1.29, 1.82) is 0 Å². The van der Waals surface area contributed by atoms with Gasteiger partial charge in [-0.15, -0.1) is 0 Å². The van der Waals surface area contributed by atoms with Crippen molar-refractivity contribution in [3.63, 3.8) is 0 Å². The number of carbonyl (C=O) groups is 1. The van der Waals surface area contributed by atoms with Crippen LogP contribution in [0.4, 0.5) is 0 Å². The topological polar surface area (TPSA) is 77.9 Å². The van der Waals surface area contributed by atoms with Gasteiger partial charge in [-0.25, -0.2) is 8.42 Å². The molecule has 0 amide bonds. The number of carboxylic acid groups (broad SMARTS) is 1. The van der Waals surface area contributed by atoms with Gasteiger partial charge in [0.05, 0.1) is 4.90 Å². The second-order valence-electron chi connectivity index (χ2n) is 7.65. The molecule has 1 saturated heterocycles. The molecule has 0 spiro atoms. The van der Waals surface area contributed by atoms with E-state index in [1.807, 2.05) is 12.1 Å². The monoisotopic (exact) mass is 394 g/mol. The van der Waals surface area contributed by atoms with Crippen LogP contribution in [0.5, 0.6) is 0 Å². The van der Waals surface area contributed by atoms with E-state index in [9.17, 15) is 13.2 Å². The molecule has 1 aromatic rings. The fourth-order valence-electron chi connectivity index (χ4n) is 4.14. The second-order valence-corrected chi connectivity index (χ2v) is 9.58. The van der Waals surface area contributed by atoms with Gasteiger partial charge in [-0.05, 0) is 49.4 Å². The van der Waals surface area contributed by atoms with Crippen LogP contribution in [0.15, 0.2) is 29.2 Å². The molecule has 0 unspecified atom stereocenters. The minimum atomic E-state index is -3.45. The van der Waals surface area contributed by atoms with E-state index in [-0.39, 0.29) is 6.42 Å². The van der Waals surface area contributed by atoms with Gasteiger partial charge in [-0.1, -0.05) is 31.4 Å². The largest absolute Gasteiger partial charge is 0.481 e.